The first-order valence-corrected chi connectivity index (χ1v) is 5.88. The maximum atomic E-state index is 5.76. The van der Waals surface area contributed by atoms with Gasteiger partial charge in [-0.15, -0.1) is 10.2 Å². The molecule has 0 aromatic carbocycles. The highest BCUT2D eigenvalue weighted by atomic mass is 35.5. The lowest BCUT2D eigenvalue weighted by Gasteiger charge is -2.15. The summed E-state index contributed by atoms with van der Waals surface area (Å²) in [5.74, 6) is 0.589. The Kier molecular flexibility index (Phi) is 3.78. The molecule has 0 radical (unpaired) electrons. The molecule has 0 bridgehead atoms. The van der Waals surface area contributed by atoms with Crippen LogP contribution in [0.3, 0.4) is 0 Å². The second kappa shape index (κ2) is 5.31. The molecule has 4 heteroatoms. The minimum Gasteiger partial charge on any atom is -0.473 e. The van der Waals surface area contributed by atoms with Gasteiger partial charge in [0.25, 0.3) is 0 Å². The van der Waals surface area contributed by atoms with Crippen molar-refractivity contribution >= 4 is 11.6 Å². The van der Waals surface area contributed by atoms with Crippen molar-refractivity contribution in [2.75, 3.05) is 0 Å². The molecule has 0 atom stereocenters. The van der Waals surface area contributed by atoms with E-state index < -0.39 is 0 Å². The molecule has 1 fully saturated rings. The third-order valence-electron chi connectivity index (χ3n) is 2.70. The van der Waals surface area contributed by atoms with Gasteiger partial charge in [-0.25, -0.2) is 0 Å². The van der Waals surface area contributed by atoms with E-state index in [0.29, 0.717) is 17.1 Å². The van der Waals surface area contributed by atoms with Crippen molar-refractivity contribution in [3.63, 3.8) is 0 Å². The van der Waals surface area contributed by atoms with E-state index in [1.165, 1.54) is 25.7 Å². The summed E-state index contributed by atoms with van der Waals surface area (Å²) >= 11 is 5.65. The maximum absolute atomic E-state index is 5.76. The van der Waals surface area contributed by atoms with Crippen molar-refractivity contribution in [1.82, 2.24) is 10.2 Å². The van der Waals surface area contributed by atoms with Crippen molar-refractivity contribution in [3.05, 3.63) is 17.3 Å². The monoisotopic (exact) mass is 226 g/mol. The molecule has 0 unspecified atom stereocenters. The number of hydrogen-bond acceptors (Lipinski definition) is 3. The predicted octanol–water partition coefficient (Wildman–Crippen LogP) is 3.23. The predicted molar refractivity (Wildman–Crippen MR) is 59.2 cm³/mol. The molecule has 1 heterocycles. The van der Waals surface area contributed by atoms with Crippen LogP contribution in [0.4, 0.5) is 0 Å². The van der Waals surface area contributed by atoms with E-state index in [0.717, 1.165) is 12.8 Å². The molecule has 1 aliphatic rings. The summed E-state index contributed by atoms with van der Waals surface area (Å²) in [6.45, 7) is 0. The van der Waals surface area contributed by atoms with E-state index >= 15 is 0 Å². The summed E-state index contributed by atoms with van der Waals surface area (Å²) in [4.78, 5) is 0. The van der Waals surface area contributed by atoms with E-state index in [4.69, 9.17) is 16.3 Å². The molecule has 0 saturated heterocycles. The molecule has 2 rings (SSSR count). The van der Waals surface area contributed by atoms with Crippen LogP contribution >= 0.6 is 11.6 Å². The molecule has 1 aromatic heterocycles. The molecule has 1 aliphatic carbocycles. The van der Waals surface area contributed by atoms with Gasteiger partial charge in [0.05, 0.1) is 0 Å². The summed E-state index contributed by atoms with van der Waals surface area (Å²) in [7, 11) is 0. The van der Waals surface area contributed by atoms with Crippen LogP contribution < -0.4 is 4.74 Å². The first-order valence-electron chi connectivity index (χ1n) is 5.50. The summed E-state index contributed by atoms with van der Waals surface area (Å²) < 4.78 is 5.76. The second-order valence-corrected chi connectivity index (χ2v) is 4.31. The molecule has 0 amide bonds. The quantitative estimate of drug-likeness (QED) is 0.727. The minimum absolute atomic E-state index is 0.308. The van der Waals surface area contributed by atoms with Gasteiger partial charge in [-0.05, 0) is 31.7 Å². The molecule has 0 spiro atoms. The van der Waals surface area contributed by atoms with Crippen LogP contribution in [-0.2, 0) is 0 Å². The van der Waals surface area contributed by atoms with Gasteiger partial charge >= 0.3 is 0 Å². The normalized spacial score (nSPS) is 18.5. The largest absolute Gasteiger partial charge is 0.473 e. The Labute approximate surface area is 94.8 Å². The van der Waals surface area contributed by atoms with Crippen LogP contribution in [0, 0.1) is 0 Å². The van der Waals surface area contributed by atoms with Crippen molar-refractivity contribution in [2.24, 2.45) is 0 Å². The number of rotatable bonds is 2. The Morgan fingerprint density at radius 3 is 2.40 bits per heavy atom. The number of halogens is 1. The third-order valence-corrected chi connectivity index (χ3v) is 2.90. The number of ether oxygens (including phenoxy) is 1. The van der Waals surface area contributed by atoms with Gasteiger partial charge in [0.15, 0.2) is 5.15 Å². The standard InChI is InChI=1S/C11H15ClN2O/c12-10-7-8-11(14-13-10)15-9-5-3-1-2-4-6-9/h7-9H,1-6H2. The van der Waals surface area contributed by atoms with Crippen LogP contribution in [0.5, 0.6) is 5.88 Å². The molecule has 3 nitrogen and oxygen atoms in total. The van der Waals surface area contributed by atoms with Crippen LogP contribution in [-0.4, -0.2) is 16.3 Å². The Balaban J connectivity index is 1.92. The van der Waals surface area contributed by atoms with Gasteiger partial charge in [-0.2, -0.15) is 0 Å². The van der Waals surface area contributed by atoms with Gasteiger partial charge in [-0.1, -0.05) is 24.4 Å². The lowest BCUT2D eigenvalue weighted by molar-refractivity contribution is 0.174. The van der Waals surface area contributed by atoms with Gasteiger partial charge in [0.2, 0.25) is 5.88 Å². The summed E-state index contributed by atoms with van der Waals surface area (Å²) in [6, 6.07) is 3.49. The Hall–Kier alpha value is -0.830. The average molecular weight is 227 g/mol. The zero-order valence-electron chi connectivity index (χ0n) is 8.66. The van der Waals surface area contributed by atoms with Gasteiger partial charge in [0.1, 0.15) is 6.10 Å². The molecule has 1 aromatic rings. The van der Waals surface area contributed by atoms with Crippen LogP contribution in [0.15, 0.2) is 12.1 Å². The fourth-order valence-electron chi connectivity index (χ4n) is 1.90. The molecule has 0 aliphatic heterocycles. The number of aromatic nitrogens is 2. The molecule has 15 heavy (non-hydrogen) atoms. The van der Waals surface area contributed by atoms with E-state index in [-0.39, 0.29) is 0 Å². The fourth-order valence-corrected chi connectivity index (χ4v) is 2.00. The third kappa shape index (κ3) is 3.34. The molecular weight excluding hydrogens is 212 g/mol. The SMILES string of the molecule is Clc1ccc(OC2CCCCCC2)nn1. The number of hydrogen-bond donors (Lipinski definition) is 0. The zero-order chi connectivity index (χ0) is 10.5. The van der Waals surface area contributed by atoms with E-state index in [2.05, 4.69) is 10.2 Å². The minimum atomic E-state index is 0.308. The van der Waals surface area contributed by atoms with Crippen molar-refractivity contribution < 1.29 is 4.74 Å². The van der Waals surface area contributed by atoms with E-state index in [1.807, 2.05) is 0 Å². The Morgan fingerprint density at radius 2 is 1.80 bits per heavy atom. The van der Waals surface area contributed by atoms with E-state index in [1.54, 1.807) is 12.1 Å². The fraction of sp³-hybridized carbons (Fsp3) is 0.636. The molecule has 1 saturated carbocycles. The van der Waals surface area contributed by atoms with Gasteiger partial charge in [0, 0.05) is 6.07 Å². The maximum Gasteiger partial charge on any atom is 0.233 e. The lowest BCUT2D eigenvalue weighted by Crippen LogP contribution is -2.15. The Morgan fingerprint density at radius 1 is 1.07 bits per heavy atom. The zero-order valence-corrected chi connectivity index (χ0v) is 9.41. The first kappa shape index (κ1) is 10.7. The molecule has 0 N–H and O–H groups in total. The first-order chi connectivity index (χ1) is 7.34. The topological polar surface area (TPSA) is 35.0 Å². The summed E-state index contributed by atoms with van der Waals surface area (Å²) in [5.41, 5.74) is 0. The highest BCUT2D eigenvalue weighted by molar-refractivity contribution is 6.29. The highest BCUT2D eigenvalue weighted by Gasteiger charge is 2.14. The second-order valence-electron chi connectivity index (χ2n) is 3.93. The highest BCUT2D eigenvalue weighted by Crippen LogP contribution is 2.21. The smallest absolute Gasteiger partial charge is 0.233 e. The van der Waals surface area contributed by atoms with E-state index in [9.17, 15) is 0 Å². The van der Waals surface area contributed by atoms with Crippen LogP contribution in [0.2, 0.25) is 5.15 Å². The Bertz CT molecular complexity index is 294. The van der Waals surface area contributed by atoms with Crippen molar-refractivity contribution in [2.45, 2.75) is 44.6 Å². The molecular formula is C11H15ClN2O. The summed E-state index contributed by atoms with van der Waals surface area (Å²) in [6.07, 6.45) is 7.73. The molecule has 82 valence electrons. The summed E-state index contributed by atoms with van der Waals surface area (Å²) in [5, 5.41) is 8.06. The average Bonchev–Trinajstić information content (AvgIpc) is 2.50. The van der Waals surface area contributed by atoms with Crippen molar-refractivity contribution in [1.29, 1.82) is 0 Å². The number of nitrogens with zero attached hydrogens (tertiary/aromatic N) is 2. The van der Waals surface area contributed by atoms with Gasteiger partial charge in [-0.3, -0.25) is 0 Å². The van der Waals surface area contributed by atoms with Crippen molar-refractivity contribution in [3.8, 4) is 5.88 Å². The van der Waals surface area contributed by atoms with Gasteiger partial charge < -0.3 is 4.74 Å². The van der Waals surface area contributed by atoms with Crippen LogP contribution in [0.1, 0.15) is 38.5 Å². The van der Waals surface area contributed by atoms with Crippen LogP contribution in [0.25, 0.3) is 0 Å². The lowest BCUT2D eigenvalue weighted by atomic mass is 10.1.